The fraction of sp³-hybridized carbons (Fsp3) is 1.00. The molecule has 0 radical (unpaired) electrons. The van der Waals surface area contributed by atoms with Gasteiger partial charge < -0.3 is 0 Å². The first-order valence-corrected chi connectivity index (χ1v) is 5.79. The van der Waals surface area contributed by atoms with E-state index < -0.39 is 15.5 Å². The minimum absolute atomic E-state index is 0.328. The monoisotopic (exact) mass is 194 g/mol. The molecule has 1 saturated carbocycles. The predicted octanol–water partition coefficient (Wildman–Crippen LogP) is 2.11. The second-order valence-corrected chi connectivity index (χ2v) is 5.48. The van der Waals surface area contributed by atoms with Gasteiger partial charge in [0.25, 0.3) is 0 Å². The summed E-state index contributed by atoms with van der Waals surface area (Å²) in [6, 6.07) is 0. The first-order chi connectivity index (χ1) is 5.41. The fourth-order valence-corrected chi connectivity index (χ4v) is 2.70. The van der Waals surface area contributed by atoms with Crippen molar-refractivity contribution in [3.63, 3.8) is 0 Å². The zero-order chi connectivity index (χ0) is 9.35. The standard InChI is InChI=1S/C8H15FO2S/c1-6-3-4-8(5-7(6)2)12(9,10)11/h6-8H,3-5H2,1-2H3. The molecule has 0 aromatic carbocycles. The lowest BCUT2D eigenvalue weighted by Gasteiger charge is -2.29. The van der Waals surface area contributed by atoms with E-state index in [-0.39, 0.29) is 0 Å². The minimum Gasteiger partial charge on any atom is -0.195 e. The van der Waals surface area contributed by atoms with Crippen LogP contribution < -0.4 is 0 Å². The van der Waals surface area contributed by atoms with Gasteiger partial charge in [-0.15, -0.1) is 3.89 Å². The van der Waals surface area contributed by atoms with E-state index in [1.165, 1.54) is 0 Å². The molecule has 0 spiro atoms. The quantitative estimate of drug-likeness (QED) is 0.599. The van der Waals surface area contributed by atoms with Crippen molar-refractivity contribution in [2.75, 3.05) is 0 Å². The molecule has 0 amide bonds. The molecule has 0 bridgehead atoms. The van der Waals surface area contributed by atoms with E-state index >= 15 is 0 Å². The van der Waals surface area contributed by atoms with E-state index in [1.54, 1.807) is 0 Å². The summed E-state index contributed by atoms with van der Waals surface area (Å²) in [5.41, 5.74) is 0. The van der Waals surface area contributed by atoms with Crippen molar-refractivity contribution in [3.05, 3.63) is 0 Å². The van der Waals surface area contributed by atoms with Crippen LogP contribution in [0.3, 0.4) is 0 Å². The molecule has 1 aliphatic rings. The van der Waals surface area contributed by atoms with Crippen molar-refractivity contribution in [1.29, 1.82) is 0 Å². The predicted molar refractivity (Wildman–Crippen MR) is 46.0 cm³/mol. The normalized spacial score (nSPS) is 38.1. The molecule has 0 N–H and O–H groups in total. The van der Waals surface area contributed by atoms with Crippen LogP contribution in [-0.4, -0.2) is 13.7 Å². The molecule has 72 valence electrons. The topological polar surface area (TPSA) is 34.1 Å². The van der Waals surface area contributed by atoms with Gasteiger partial charge in [-0.2, -0.15) is 8.42 Å². The van der Waals surface area contributed by atoms with Crippen molar-refractivity contribution in [3.8, 4) is 0 Å². The molecule has 4 heteroatoms. The van der Waals surface area contributed by atoms with E-state index in [2.05, 4.69) is 6.92 Å². The molecular formula is C8H15FO2S. The highest BCUT2D eigenvalue weighted by molar-refractivity contribution is 7.87. The van der Waals surface area contributed by atoms with E-state index in [9.17, 15) is 12.3 Å². The summed E-state index contributed by atoms with van der Waals surface area (Å²) in [5.74, 6) is 0.859. The van der Waals surface area contributed by atoms with Gasteiger partial charge in [0, 0.05) is 0 Å². The van der Waals surface area contributed by atoms with Crippen LogP contribution in [0, 0.1) is 11.8 Å². The van der Waals surface area contributed by atoms with Crippen molar-refractivity contribution in [1.82, 2.24) is 0 Å². The SMILES string of the molecule is CC1CCC(S(=O)(=O)F)CC1C. The second-order valence-electron chi connectivity index (χ2n) is 3.87. The van der Waals surface area contributed by atoms with Crippen LogP contribution in [0.15, 0.2) is 0 Å². The Morgan fingerprint density at radius 1 is 1.17 bits per heavy atom. The van der Waals surface area contributed by atoms with Crippen molar-refractivity contribution < 1.29 is 12.3 Å². The summed E-state index contributed by atoms with van der Waals surface area (Å²) in [6.45, 7) is 4.08. The Hall–Kier alpha value is -0.120. The first-order valence-electron chi connectivity index (χ1n) is 4.34. The van der Waals surface area contributed by atoms with E-state index in [0.29, 0.717) is 24.7 Å². The molecule has 1 rings (SSSR count). The maximum absolute atomic E-state index is 12.5. The van der Waals surface area contributed by atoms with Gasteiger partial charge in [-0.3, -0.25) is 0 Å². The molecular weight excluding hydrogens is 179 g/mol. The van der Waals surface area contributed by atoms with Gasteiger partial charge in [-0.25, -0.2) is 0 Å². The largest absolute Gasteiger partial charge is 0.305 e. The van der Waals surface area contributed by atoms with Crippen LogP contribution in [0.5, 0.6) is 0 Å². The first kappa shape index (κ1) is 9.96. The van der Waals surface area contributed by atoms with Crippen LogP contribution in [0.1, 0.15) is 33.1 Å². The summed E-state index contributed by atoms with van der Waals surface area (Å²) in [4.78, 5) is 0. The van der Waals surface area contributed by atoms with Crippen LogP contribution in [0.2, 0.25) is 0 Å². The number of halogens is 1. The fourth-order valence-electron chi connectivity index (χ4n) is 1.75. The highest BCUT2D eigenvalue weighted by Gasteiger charge is 2.32. The Morgan fingerprint density at radius 2 is 1.75 bits per heavy atom. The van der Waals surface area contributed by atoms with Crippen LogP contribution >= 0.6 is 0 Å². The Labute approximate surface area is 73.4 Å². The average molecular weight is 194 g/mol. The molecule has 0 aromatic heterocycles. The number of hydrogen-bond acceptors (Lipinski definition) is 2. The van der Waals surface area contributed by atoms with Gasteiger partial charge in [-0.05, 0) is 31.1 Å². The molecule has 0 saturated heterocycles. The average Bonchev–Trinajstić information content (AvgIpc) is 1.92. The maximum atomic E-state index is 12.5. The summed E-state index contributed by atoms with van der Waals surface area (Å²) >= 11 is 0. The van der Waals surface area contributed by atoms with Gasteiger partial charge in [0.1, 0.15) is 0 Å². The Balaban J connectivity index is 2.64. The Morgan fingerprint density at radius 3 is 2.17 bits per heavy atom. The van der Waals surface area contributed by atoms with Crippen LogP contribution in [-0.2, 0) is 10.2 Å². The van der Waals surface area contributed by atoms with Gasteiger partial charge in [0.05, 0.1) is 5.25 Å². The third kappa shape index (κ3) is 2.19. The molecule has 1 aliphatic carbocycles. The van der Waals surface area contributed by atoms with Crippen molar-refractivity contribution in [2.45, 2.75) is 38.4 Å². The summed E-state index contributed by atoms with van der Waals surface area (Å²) in [7, 11) is -4.28. The highest BCUT2D eigenvalue weighted by Crippen LogP contribution is 2.33. The molecule has 12 heavy (non-hydrogen) atoms. The zero-order valence-electron chi connectivity index (χ0n) is 7.46. The molecule has 0 heterocycles. The highest BCUT2D eigenvalue weighted by atomic mass is 32.3. The third-order valence-electron chi connectivity index (χ3n) is 2.95. The lowest BCUT2D eigenvalue weighted by Crippen LogP contribution is -2.28. The van der Waals surface area contributed by atoms with Gasteiger partial charge in [0.15, 0.2) is 0 Å². The molecule has 3 unspecified atom stereocenters. The number of rotatable bonds is 1. The third-order valence-corrected chi connectivity index (χ3v) is 4.17. The van der Waals surface area contributed by atoms with Gasteiger partial charge in [-0.1, -0.05) is 13.8 Å². The molecule has 1 fully saturated rings. The summed E-state index contributed by atoms with van der Waals surface area (Å²) in [5, 5.41) is -0.733. The maximum Gasteiger partial charge on any atom is 0.305 e. The van der Waals surface area contributed by atoms with Crippen LogP contribution in [0.4, 0.5) is 3.89 Å². The number of hydrogen-bond donors (Lipinski definition) is 0. The van der Waals surface area contributed by atoms with E-state index in [1.807, 2.05) is 6.92 Å². The van der Waals surface area contributed by atoms with Crippen molar-refractivity contribution in [2.24, 2.45) is 11.8 Å². The van der Waals surface area contributed by atoms with Crippen LogP contribution in [0.25, 0.3) is 0 Å². The van der Waals surface area contributed by atoms with E-state index in [0.717, 1.165) is 6.42 Å². The molecule has 2 nitrogen and oxygen atoms in total. The Kier molecular flexibility index (Phi) is 2.76. The van der Waals surface area contributed by atoms with Crippen molar-refractivity contribution >= 4 is 10.2 Å². The lowest BCUT2D eigenvalue weighted by molar-refractivity contribution is 0.275. The van der Waals surface area contributed by atoms with Gasteiger partial charge >= 0.3 is 10.2 Å². The second kappa shape index (κ2) is 3.32. The summed E-state index contributed by atoms with van der Waals surface area (Å²) in [6.07, 6.45) is 1.80. The molecule has 0 aromatic rings. The molecule has 0 aliphatic heterocycles. The Bertz CT molecular complexity index is 248. The lowest BCUT2D eigenvalue weighted by atomic mass is 9.81. The minimum atomic E-state index is -4.28. The smallest absolute Gasteiger partial charge is 0.195 e. The zero-order valence-corrected chi connectivity index (χ0v) is 8.27. The molecule has 3 atom stereocenters. The summed E-state index contributed by atoms with van der Waals surface area (Å²) < 4.78 is 33.7. The van der Waals surface area contributed by atoms with Gasteiger partial charge in [0.2, 0.25) is 0 Å². The van der Waals surface area contributed by atoms with E-state index in [4.69, 9.17) is 0 Å².